The fraction of sp³-hybridized carbons (Fsp3) is 0.417. The average Bonchev–Trinajstić information content (AvgIpc) is 2.48. The summed E-state index contributed by atoms with van der Waals surface area (Å²) in [6.07, 6.45) is 3.22. The molecule has 0 aliphatic rings. The van der Waals surface area contributed by atoms with E-state index in [1.165, 1.54) is 16.8 Å². The summed E-state index contributed by atoms with van der Waals surface area (Å²) >= 11 is 0. The molecule has 0 radical (unpaired) electrons. The van der Waals surface area contributed by atoms with E-state index in [1.54, 1.807) is 0 Å². The van der Waals surface area contributed by atoms with Gasteiger partial charge >= 0.3 is 0 Å². The largest absolute Gasteiger partial charge is 0.317 e. The van der Waals surface area contributed by atoms with Crippen LogP contribution >= 0.6 is 0 Å². The zero-order valence-electron chi connectivity index (χ0n) is 9.26. The third-order valence-electron chi connectivity index (χ3n) is 2.71. The Hall–Kier alpha value is -1.31. The van der Waals surface area contributed by atoms with E-state index in [4.69, 9.17) is 0 Å². The summed E-state index contributed by atoms with van der Waals surface area (Å²) in [7, 11) is 0. The molecule has 2 nitrogen and oxygen atoms in total. The van der Waals surface area contributed by atoms with Crippen LogP contribution < -0.4 is 0 Å². The monoisotopic (exact) mass is 188 g/mol. The van der Waals surface area contributed by atoms with Crippen molar-refractivity contribution in [3.8, 4) is 0 Å². The molecular weight excluding hydrogens is 172 g/mol. The second-order valence-electron chi connectivity index (χ2n) is 3.86. The van der Waals surface area contributed by atoms with E-state index in [-0.39, 0.29) is 0 Å². The molecule has 0 spiro atoms. The molecule has 0 unspecified atom stereocenters. The number of fused-ring (bicyclic) bond motifs is 1. The Kier molecular flexibility index (Phi) is 2.06. The van der Waals surface area contributed by atoms with Gasteiger partial charge < -0.3 is 4.40 Å². The summed E-state index contributed by atoms with van der Waals surface area (Å²) in [5.74, 6) is 0. The molecule has 0 saturated heterocycles. The number of rotatable bonds is 1. The predicted molar refractivity (Wildman–Crippen MR) is 58.8 cm³/mol. The lowest BCUT2D eigenvalue weighted by atomic mass is 10.2. The Balaban J connectivity index is 2.89. The van der Waals surface area contributed by atoms with E-state index >= 15 is 0 Å². The van der Waals surface area contributed by atoms with Gasteiger partial charge in [-0.05, 0) is 38.8 Å². The van der Waals surface area contributed by atoms with E-state index in [0.29, 0.717) is 0 Å². The summed E-state index contributed by atoms with van der Waals surface area (Å²) < 4.78 is 2.27. The number of nitrogens with zero attached hydrogens (tertiary/aromatic N) is 2. The predicted octanol–water partition coefficient (Wildman–Crippen LogP) is 2.82. The maximum absolute atomic E-state index is 4.57. The highest BCUT2D eigenvalue weighted by Gasteiger charge is 2.07. The van der Waals surface area contributed by atoms with Gasteiger partial charge in [0.2, 0.25) is 0 Å². The molecule has 0 saturated carbocycles. The van der Waals surface area contributed by atoms with Gasteiger partial charge in [-0.1, -0.05) is 6.92 Å². The van der Waals surface area contributed by atoms with Crippen molar-refractivity contribution in [1.82, 2.24) is 9.38 Å². The molecule has 0 amide bonds. The van der Waals surface area contributed by atoms with Crippen molar-refractivity contribution < 1.29 is 0 Å². The zero-order chi connectivity index (χ0) is 10.3. The van der Waals surface area contributed by atoms with Gasteiger partial charge in [0.05, 0.1) is 16.9 Å². The van der Waals surface area contributed by atoms with Crippen molar-refractivity contribution in [2.75, 3.05) is 0 Å². The first-order chi connectivity index (χ1) is 6.63. The van der Waals surface area contributed by atoms with Crippen molar-refractivity contribution in [3.05, 3.63) is 34.9 Å². The van der Waals surface area contributed by atoms with Crippen LogP contribution in [0.4, 0.5) is 0 Å². The van der Waals surface area contributed by atoms with Crippen LogP contribution in [0.1, 0.15) is 29.6 Å². The van der Waals surface area contributed by atoms with Crippen LogP contribution in [-0.2, 0) is 6.42 Å². The zero-order valence-corrected chi connectivity index (χ0v) is 9.26. The molecule has 2 heterocycles. The van der Waals surface area contributed by atoms with Crippen LogP contribution in [0.15, 0.2) is 12.3 Å². The van der Waals surface area contributed by atoms with Crippen LogP contribution in [0, 0.1) is 20.8 Å². The lowest BCUT2D eigenvalue weighted by Gasteiger charge is -2.08. The topological polar surface area (TPSA) is 17.3 Å². The van der Waals surface area contributed by atoms with Gasteiger partial charge in [-0.2, -0.15) is 0 Å². The second kappa shape index (κ2) is 3.12. The average molecular weight is 188 g/mol. The number of hydrogen-bond donors (Lipinski definition) is 0. The molecule has 2 heteroatoms. The molecule has 0 N–H and O–H groups in total. The van der Waals surface area contributed by atoms with E-state index in [9.17, 15) is 0 Å². The molecule has 74 valence electrons. The third-order valence-corrected chi connectivity index (χ3v) is 2.71. The van der Waals surface area contributed by atoms with Crippen LogP contribution in [0.3, 0.4) is 0 Å². The number of aryl methyl sites for hydroxylation is 4. The Morgan fingerprint density at radius 3 is 2.57 bits per heavy atom. The molecule has 14 heavy (non-hydrogen) atoms. The molecule has 0 bridgehead atoms. The van der Waals surface area contributed by atoms with Gasteiger partial charge in [-0.3, -0.25) is 4.98 Å². The fourth-order valence-corrected chi connectivity index (χ4v) is 2.07. The normalized spacial score (nSPS) is 11.1. The Morgan fingerprint density at radius 2 is 1.93 bits per heavy atom. The summed E-state index contributed by atoms with van der Waals surface area (Å²) in [6, 6.07) is 2.20. The molecular formula is C12H16N2. The number of hydrogen-bond acceptors (Lipinski definition) is 1. The summed E-state index contributed by atoms with van der Waals surface area (Å²) in [6.45, 7) is 8.46. The lowest BCUT2D eigenvalue weighted by molar-refractivity contribution is 0.906. The first-order valence-electron chi connectivity index (χ1n) is 5.08. The Labute approximate surface area is 84.6 Å². The molecule has 0 fully saturated rings. The Bertz CT molecular complexity index is 481. The first-order valence-corrected chi connectivity index (χ1v) is 5.08. The molecule has 0 atom stereocenters. The smallest absolute Gasteiger partial charge is 0.0669 e. The SMILES string of the molecule is CCc1c(C)nc(C)c2cc(C)cn12. The molecule has 0 aliphatic heterocycles. The Morgan fingerprint density at radius 1 is 1.21 bits per heavy atom. The van der Waals surface area contributed by atoms with Gasteiger partial charge in [0.15, 0.2) is 0 Å². The summed E-state index contributed by atoms with van der Waals surface area (Å²) in [4.78, 5) is 4.57. The van der Waals surface area contributed by atoms with Gasteiger partial charge in [0.1, 0.15) is 0 Å². The van der Waals surface area contributed by atoms with E-state index in [0.717, 1.165) is 17.8 Å². The van der Waals surface area contributed by atoms with Crippen LogP contribution in [-0.4, -0.2) is 9.38 Å². The summed E-state index contributed by atoms with van der Waals surface area (Å²) in [5.41, 5.74) is 6.12. The van der Waals surface area contributed by atoms with Gasteiger partial charge in [-0.15, -0.1) is 0 Å². The van der Waals surface area contributed by atoms with E-state index in [2.05, 4.69) is 49.3 Å². The van der Waals surface area contributed by atoms with Gasteiger partial charge in [0.25, 0.3) is 0 Å². The van der Waals surface area contributed by atoms with Crippen molar-refractivity contribution >= 4 is 5.52 Å². The van der Waals surface area contributed by atoms with Crippen LogP contribution in [0.5, 0.6) is 0 Å². The quantitative estimate of drug-likeness (QED) is 0.672. The van der Waals surface area contributed by atoms with E-state index in [1.807, 2.05) is 0 Å². The molecule has 2 aromatic rings. The maximum atomic E-state index is 4.57. The first kappa shape index (κ1) is 9.25. The number of aromatic nitrogens is 2. The minimum atomic E-state index is 1.03. The van der Waals surface area contributed by atoms with Crippen LogP contribution in [0.2, 0.25) is 0 Å². The molecule has 0 aromatic carbocycles. The van der Waals surface area contributed by atoms with Gasteiger partial charge in [-0.25, -0.2) is 0 Å². The van der Waals surface area contributed by atoms with Crippen molar-refractivity contribution in [3.63, 3.8) is 0 Å². The molecule has 2 rings (SSSR count). The standard InChI is InChI=1S/C12H16N2/c1-5-11-9(3)13-10(4)12-6-8(2)7-14(11)12/h6-7H,5H2,1-4H3. The maximum Gasteiger partial charge on any atom is 0.0669 e. The highest BCUT2D eigenvalue weighted by Crippen LogP contribution is 2.17. The minimum Gasteiger partial charge on any atom is -0.317 e. The van der Waals surface area contributed by atoms with Crippen LogP contribution in [0.25, 0.3) is 5.52 Å². The van der Waals surface area contributed by atoms with Crippen molar-refractivity contribution in [1.29, 1.82) is 0 Å². The second-order valence-corrected chi connectivity index (χ2v) is 3.86. The highest BCUT2D eigenvalue weighted by molar-refractivity contribution is 5.55. The molecule has 2 aromatic heterocycles. The third kappa shape index (κ3) is 1.22. The molecule has 0 aliphatic carbocycles. The fourth-order valence-electron chi connectivity index (χ4n) is 2.07. The van der Waals surface area contributed by atoms with Gasteiger partial charge in [0, 0.05) is 11.9 Å². The summed E-state index contributed by atoms with van der Waals surface area (Å²) in [5, 5.41) is 0. The lowest BCUT2D eigenvalue weighted by Crippen LogP contribution is -2.02. The van der Waals surface area contributed by atoms with E-state index < -0.39 is 0 Å². The highest BCUT2D eigenvalue weighted by atomic mass is 14.9. The van der Waals surface area contributed by atoms with Crippen molar-refractivity contribution in [2.24, 2.45) is 0 Å². The van der Waals surface area contributed by atoms with Crippen molar-refractivity contribution in [2.45, 2.75) is 34.1 Å². The minimum absolute atomic E-state index is 1.03.